The van der Waals surface area contributed by atoms with Crippen molar-refractivity contribution in [1.29, 1.82) is 0 Å². The molecular weight excluding hydrogens is 498 g/mol. The molecule has 2 aromatic carbocycles. The molecule has 2 heterocycles. The number of ether oxygens (including phenoxy) is 1. The van der Waals surface area contributed by atoms with Gasteiger partial charge in [-0.2, -0.15) is 0 Å². The molecule has 11 nitrogen and oxygen atoms in total. The molecule has 35 heavy (non-hydrogen) atoms. The zero-order valence-electron chi connectivity index (χ0n) is 18.1. The monoisotopic (exact) mass is 515 g/mol. The van der Waals surface area contributed by atoms with Gasteiger partial charge in [-0.25, -0.2) is 18.2 Å². The van der Waals surface area contributed by atoms with Crippen LogP contribution in [0.5, 0.6) is 0 Å². The van der Waals surface area contributed by atoms with Crippen molar-refractivity contribution < 1.29 is 27.2 Å². The van der Waals surface area contributed by atoms with Gasteiger partial charge in [0.25, 0.3) is 15.9 Å². The van der Waals surface area contributed by atoms with Crippen molar-refractivity contribution in [2.45, 2.75) is 24.3 Å². The van der Waals surface area contributed by atoms with Crippen LogP contribution < -0.4 is 10.0 Å². The van der Waals surface area contributed by atoms with Gasteiger partial charge in [0.15, 0.2) is 29.1 Å². The van der Waals surface area contributed by atoms with Gasteiger partial charge in [0.1, 0.15) is 5.52 Å². The Balaban J connectivity index is 1.39. The van der Waals surface area contributed by atoms with Crippen molar-refractivity contribution in [2.75, 3.05) is 10.0 Å². The number of rotatable bonds is 8. The number of fused-ring (bicyclic) bond motifs is 1. The smallest absolute Gasteiger partial charge is 0.338 e. The number of carbonyl (C=O) groups is 2. The van der Waals surface area contributed by atoms with E-state index >= 15 is 0 Å². The largest absolute Gasteiger partial charge is 0.449 e. The van der Waals surface area contributed by atoms with Crippen LogP contribution in [0.4, 0.5) is 11.5 Å². The first kappa shape index (κ1) is 24.1. The number of hydrogen-bond acceptors (Lipinski definition) is 9. The topological polar surface area (TPSA) is 153 Å². The Morgan fingerprint density at radius 2 is 1.86 bits per heavy atom. The molecule has 0 spiro atoms. The van der Waals surface area contributed by atoms with Crippen LogP contribution >= 0.6 is 11.6 Å². The van der Waals surface area contributed by atoms with Crippen molar-refractivity contribution in [2.24, 2.45) is 0 Å². The second-order valence-corrected chi connectivity index (χ2v) is 9.27. The molecule has 0 aliphatic carbocycles. The molecule has 0 aliphatic rings. The number of nitrogens with zero attached hydrogens (tertiary/aromatic N) is 3. The summed E-state index contributed by atoms with van der Waals surface area (Å²) in [5.41, 5.74) is 1.56. The van der Waals surface area contributed by atoms with E-state index in [1.807, 2.05) is 0 Å². The highest BCUT2D eigenvalue weighted by atomic mass is 35.5. The van der Waals surface area contributed by atoms with Gasteiger partial charge in [0.2, 0.25) is 0 Å². The van der Waals surface area contributed by atoms with E-state index in [1.165, 1.54) is 54.9 Å². The van der Waals surface area contributed by atoms with Crippen molar-refractivity contribution in [3.63, 3.8) is 0 Å². The van der Waals surface area contributed by atoms with E-state index in [4.69, 9.17) is 20.8 Å². The van der Waals surface area contributed by atoms with E-state index in [0.29, 0.717) is 16.8 Å². The molecular formula is C22H18ClN5O6S. The van der Waals surface area contributed by atoms with Crippen molar-refractivity contribution in [1.82, 2.24) is 15.2 Å². The summed E-state index contributed by atoms with van der Waals surface area (Å²) in [5.74, 6) is -1.25. The average Bonchev–Trinajstić information content (AvgIpc) is 3.32. The summed E-state index contributed by atoms with van der Waals surface area (Å²) in [6, 6.07) is 12.8. The fourth-order valence-electron chi connectivity index (χ4n) is 3.01. The van der Waals surface area contributed by atoms with Gasteiger partial charge in [0, 0.05) is 5.69 Å². The number of oxazole rings is 1. The second kappa shape index (κ2) is 10.1. The first-order valence-electron chi connectivity index (χ1n) is 10.2. The Morgan fingerprint density at radius 3 is 2.54 bits per heavy atom. The van der Waals surface area contributed by atoms with Crippen LogP contribution in [0.2, 0.25) is 5.15 Å². The molecule has 1 amide bonds. The van der Waals surface area contributed by atoms with E-state index in [9.17, 15) is 18.0 Å². The first-order valence-corrected chi connectivity index (χ1v) is 12.1. The number of hydrogen-bond donors (Lipinski definition) is 2. The Kier molecular flexibility index (Phi) is 6.94. The number of carbonyl (C=O) groups excluding carboxylic acids is 2. The van der Waals surface area contributed by atoms with E-state index in [-0.39, 0.29) is 27.9 Å². The third-order valence-corrected chi connectivity index (χ3v) is 6.35. The van der Waals surface area contributed by atoms with Gasteiger partial charge in [-0.15, -0.1) is 10.2 Å². The Labute approximate surface area is 204 Å². The second-order valence-electron chi connectivity index (χ2n) is 7.20. The molecule has 1 unspecified atom stereocenters. The van der Waals surface area contributed by atoms with Crippen LogP contribution in [0.25, 0.3) is 11.1 Å². The SMILES string of the molecule is CCC(OC(=O)c1ccc2ocnc2c1)C(=O)Nc1ccc(S(=O)(=O)Nc2ccc(Cl)nn2)cc1. The van der Waals surface area contributed by atoms with Crippen LogP contribution in [0.3, 0.4) is 0 Å². The minimum atomic E-state index is -3.94. The van der Waals surface area contributed by atoms with Crippen molar-refractivity contribution in [3.8, 4) is 0 Å². The fourth-order valence-corrected chi connectivity index (χ4v) is 4.11. The van der Waals surface area contributed by atoms with Crippen molar-refractivity contribution >= 4 is 56.1 Å². The zero-order chi connectivity index (χ0) is 25.0. The molecule has 1 atom stereocenters. The van der Waals surface area contributed by atoms with Gasteiger partial charge in [-0.1, -0.05) is 18.5 Å². The predicted molar refractivity (Wildman–Crippen MR) is 126 cm³/mol. The molecule has 0 radical (unpaired) electrons. The molecule has 180 valence electrons. The van der Waals surface area contributed by atoms with Gasteiger partial charge in [-0.05, 0) is 61.0 Å². The molecule has 2 N–H and O–H groups in total. The third kappa shape index (κ3) is 5.73. The van der Waals surface area contributed by atoms with Crippen LogP contribution in [0, 0.1) is 0 Å². The maximum absolute atomic E-state index is 12.7. The molecule has 0 saturated heterocycles. The molecule has 0 bridgehead atoms. The quantitative estimate of drug-likeness (QED) is 0.334. The van der Waals surface area contributed by atoms with Crippen LogP contribution in [0.1, 0.15) is 23.7 Å². The summed E-state index contributed by atoms with van der Waals surface area (Å²) in [7, 11) is -3.94. The lowest BCUT2D eigenvalue weighted by molar-refractivity contribution is -0.124. The third-order valence-electron chi connectivity index (χ3n) is 4.78. The average molecular weight is 516 g/mol. The molecule has 0 fully saturated rings. The van der Waals surface area contributed by atoms with Crippen LogP contribution in [-0.4, -0.2) is 41.6 Å². The van der Waals surface area contributed by atoms with Crippen LogP contribution in [-0.2, 0) is 19.6 Å². The number of nitrogens with one attached hydrogen (secondary N) is 2. The Hall–Kier alpha value is -4.03. The summed E-state index contributed by atoms with van der Waals surface area (Å²) < 4.78 is 37.8. The molecule has 0 aliphatic heterocycles. The maximum Gasteiger partial charge on any atom is 0.338 e. The summed E-state index contributed by atoms with van der Waals surface area (Å²) in [6.45, 7) is 1.69. The Bertz CT molecular complexity index is 1470. The standard InChI is InChI=1S/C22H18ClN5O6S/c1-2-17(34-22(30)13-3-8-18-16(11-13)24-12-33-18)21(29)25-14-4-6-15(7-5-14)35(31,32)28-20-10-9-19(23)26-27-20/h3-12,17H,2H2,1H3,(H,25,29)(H,27,28). The van der Waals surface area contributed by atoms with Gasteiger partial charge < -0.3 is 14.5 Å². The molecule has 13 heteroatoms. The van der Waals surface area contributed by atoms with Gasteiger partial charge >= 0.3 is 5.97 Å². The van der Waals surface area contributed by atoms with Crippen molar-refractivity contribution in [3.05, 3.63) is 71.7 Å². The number of benzene rings is 2. The zero-order valence-corrected chi connectivity index (χ0v) is 19.7. The van der Waals surface area contributed by atoms with Gasteiger partial charge in [-0.3, -0.25) is 9.52 Å². The summed E-state index contributed by atoms with van der Waals surface area (Å²) in [4.78, 5) is 29.1. The van der Waals surface area contributed by atoms with E-state index in [2.05, 4.69) is 25.2 Å². The number of anilines is 2. The first-order chi connectivity index (χ1) is 16.7. The van der Waals surface area contributed by atoms with E-state index < -0.39 is 28.0 Å². The number of aromatic nitrogens is 3. The maximum atomic E-state index is 12.7. The lowest BCUT2D eigenvalue weighted by atomic mass is 10.2. The summed E-state index contributed by atoms with van der Waals surface area (Å²) in [5, 5.41) is 9.97. The number of esters is 1. The summed E-state index contributed by atoms with van der Waals surface area (Å²) >= 11 is 5.65. The number of halogens is 1. The van der Waals surface area contributed by atoms with Gasteiger partial charge in [0.05, 0.1) is 10.5 Å². The lowest BCUT2D eigenvalue weighted by Crippen LogP contribution is -2.32. The minimum Gasteiger partial charge on any atom is -0.449 e. The highest BCUT2D eigenvalue weighted by Gasteiger charge is 2.23. The predicted octanol–water partition coefficient (Wildman–Crippen LogP) is 3.65. The van der Waals surface area contributed by atoms with E-state index in [1.54, 1.807) is 13.0 Å². The number of sulfonamides is 1. The molecule has 2 aromatic heterocycles. The number of amides is 1. The normalized spacial score (nSPS) is 12.2. The summed E-state index contributed by atoms with van der Waals surface area (Å²) in [6.07, 6.45) is 0.423. The fraction of sp³-hybridized carbons (Fsp3) is 0.136. The minimum absolute atomic E-state index is 0.00193. The highest BCUT2D eigenvalue weighted by Crippen LogP contribution is 2.19. The molecule has 4 aromatic rings. The lowest BCUT2D eigenvalue weighted by Gasteiger charge is -2.16. The van der Waals surface area contributed by atoms with E-state index in [0.717, 1.165) is 0 Å². The van der Waals surface area contributed by atoms with Crippen LogP contribution in [0.15, 0.2) is 70.3 Å². The molecule has 0 saturated carbocycles. The molecule has 4 rings (SSSR count). The highest BCUT2D eigenvalue weighted by molar-refractivity contribution is 7.92. The Morgan fingerprint density at radius 1 is 1.09 bits per heavy atom.